The van der Waals surface area contributed by atoms with E-state index in [0.717, 1.165) is 28.2 Å². The highest BCUT2D eigenvalue weighted by molar-refractivity contribution is 5.99. The van der Waals surface area contributed by atoms with E-state index in [4.69, 9.17) is 5.73 Å². The van der Waals surface area contributed by atoms with Gasteiger partial charge in [-0.1, -0.05) is 30.3 Å². The second-order valence-corrected chi connectivity index (χ2v) is 5.30. The highest BCUT2D eigenvalue weighted by Crippen LogP contribution is 2.26. The van der Waals surface area contributed by atoms with Crippen molar-refractivity contribution in [2.24, 2.45) is 5.73 Å². The molecule has 0 saturated carbocycles. The highest BCUT2D eigenvalue weighted by Gasteiger charge is 2.11. The lowest BCUT2D eigenvalue weighted by Crippen LogP contribution is -2.12. The minimum atomic E-state index is -0.424. The van der Waals surface area contributed by atoms with E-state index in [1.165, 1.54) is 0 Å². The van der Waals surface area contributed by atoms with Crippen LogP contribution >= 0.6 is 0 Å². The molecule has 3 aromatic rings. The first-order valence-corrected chi connectivity index (χ1v) is 7.09. The van der Waals surface area contributed by atoms with Crippen LogP contribution in [0.25, 0.3) is 16.8 Å². The topological polar surface area (TPSA) is 60.9 Å². The number of carbonyl (C=O) groups excluding carboxylic acids is 1. The summed E-state index contributed by atoms with van der Waals surface area (Å²) in [5, 5.41) is 4.50. The summed E-state index contributed by atoms with van der Waals surface area (Å²) in [6.07, 6.45) is 0. The van der Waals surface area contributed by atoms with Gasteiger partial charge in [-0.15, -0.1) is 0 Å². The maximum Gasteiger partial charge on any atom is 0.249 e. The fraction of sp³-hybridized carbons (Fsp3) is 0.111. The number of amides is 1. The Morgan fingerprint density at radius 2 is 1.82 bits per heavy atom. The molecule has 0 aliphatic heterocycles. The highest BCUT2D eigenvalue weighted by atomic mass is 16.1. The molecule has 1 heterocycles. The Balaban J connectivity index is 2.13. The van der Waals surface area contributed by atoms with Gasteiger partial charge in [0.15, 0.2) is 0 Å². The van der Waals surface area contributed by atoms with Gasteiger partial charge in [0.25, 0.3) is 0 Å². The predicted molar refractivity (Wildman–Crippen MR) is 87.0 cm³/mol. The van der Waals surface area contributed by atoms with Crippen LogP contribution in [0, 0.1) is 13.8 Å². The Labute approximate surface area is 129 Å². The number of nitrogens with zero attached hydrogens (tertiary/aromatic N) is 2. The lowest BCUT2D eigenvalue weighted by molar-refractivity contribution is 0.100. The Bertz CT molecular complexity index is 849. The molecule has 0 saturated heterocycles. The zero-order valence-corrected chi connectivity index (χ0v) is 12.6. The van der Waals surface area contributed by atoms with E-state index in [0.29, 0.717) is 5.56 Å². The minimum Gasteiger partial charge on any atom is -0.366 e. The third-order valence-corrected chi connectivity index (χ3v) is 3.60. The first-order chi connectivity index (χ1) is 10.6. The van der Waals surface area contributed by atoms with Crippen LogP contribution in [0.2, 0.25) is 0 Å². The second-order valence-electron chi connectivity index (χ2n) is 5.30. The summed E-state index contributed by atoms with van der Waals surface area (Å²) in [4.78, 5) is 11.6. The van der Waals surface area contributed by atoms with Gasteiger partial charge in [-0.25, -0.2) is 4.68 Å². The molecule has 1 amide bonds. The molecule has 0 unspecified atom stereocenters. The average Bonchev–Trinajstić information content (AvgIpc) is 2.86. The van der Waals surface area contributed by atoms with Gasteiger partial charge in [0.1, 0.15) is 0 Å². The third kappa shape index (κ3) is 2.51. The molecule has 0 spiro atoms. The lowest BCUT2D eigenvalue weighted by atomic mass is 9.99. The van der Waals surface area contributed by atoms with Crippen LogP contribution in [-0.2, 0) is 0 Å². The summed E-state index contributed by atoms with van der Waals surface area (Å²) in [7, 11) is 0. The number of primary amides is 1. The van der Waals surface area contributed by atoms with Crippen LogP contribution in [0.1, 0.15) is 21.7 Å². The van der Waals surface area contributed by atoms with Gasteiger partial charge >= 0.3 is 0 Å². The summed E-state index contributed by atoms with van der Waals surface area (Å²) < 4.78 is 1.89. The van der Waals surface area contributed by atoms with Gasteiger partial charge in [-0.3, -0.25) is 4.79 Å². The van der Waals surface area contributed by atoms with Gasteiger partial charge in [0.05, 0.1) is 11.4 Å². The standard InChI is InChI=1S/C18H17N3O/c1-12-10-13(2)21(20-12)15-7-5-6-14(11-15)16-8-3-4-9-17(16)18(19)22/h3-11H,1-2H3,(H2,19,22). The van der Waals surface area contributed by atoms with E-state index < -0.39 is 5.91 Å². The smallest absolute Gasteiger partial charge is 0.249 e. The number of nitrogens with two attached hydrogens (primary N) is 1. The molecule has 4 nitrogen and oxygen atoms in total. The molecule has 4 heteroatoms. The molecular formula is C18H17N3O. The number of hydrogen-bond acceptors (Lipinski definition) is 2. The van der Waals surface area contributed by atoms with Crippen LogP contribution in [-0.4, -0.2) is 15.7 Å². The van der Waals surface area contributed by atoms with Crippen molar-refractivity contribution in [2.45, 2.75) is 13.8 Å². The van der Waals surface area contributed by atoms with E-state index >= 15 is 0 Å². The SMILES string of the molecule is Cc1cc(C)n(-c2cccc(-c3ccccc3C(N)=O)c2)n1. The van der Waals surface area contributed by atoms with Crippen LogP contribution in [0.4, 0.5) is 0 Å². The van der Waals surface area contributed by atoms with Crippen molar-refractivity contribution in [1.82, 2.24) is 9.78 Å². The molecule has 0 aliphatic carbocycles. The van der Waals surface area contributed by atoms with Crippen molar-refractivity contribution in [3.8, 4) is 16.8 Å². The zero-order valence-electron chi connectivity index (χ0n) is 12.6. The van der Waals surface area contributed by atoms with E-state index in [9.17, 15) is 4.79 Å². The molecule has 0 atom stereocenters. The van der Waals surface area contributed by atoms with Crippen molar-refractivity contribution in [3.63, 3.8) is 0 Å². The van der Waals surface area contributed by atoms with Crippen molar-refractivity contribution in [3.05, 3.63) is 71.5 Å². The fourth-order valence-electron chi connectivity index (χ4n) is 2.65. The van der Waals surface area contributed by atoms with Crippen molar-refractivity contribution < 1.29 is 4.79 Å². The number of aromatic nitrogens is 2. The summed E-state index contributed by atoms with van der Waals surface area (Å²) in [6.45, 7) is 3.99. The van der Waals surface area contributed by atoms with Crippen LogP contribution in [0.3, 0.4) is 0 Å². The fourth-order valence-corrected chi connectivity index (χ4v) is 2.65. The molecule has 0 fully saturated rings. The third-order valence-electron chi connectivity index (χ3n) is 3.60. The predicted octanol–water partition coefficient (Wildman–Crippen LogP) is 3.26. The Hall–Kier alpha value is -2.88. The van der Waals surface area contributed by atoms with Crippen molar-refractivity contribution in [1.29, 1.82) is 0 Å². The van der Waals surface area contributed by atoms with Gasteiger partial charge in [-0.05, 0) is 49.2 Å². The summed E-state index contributed by atoms with van der Waals surface area (Å²) >= 11 is 0. The van der Waals surface area contributed by atoms with E-state index in [1.807, 2.05) is 67.1 Å². The van der Waals surface area contributed by atoms with Gasteiger partial charge < -0.3 is 5.73 Å². The Morgan fingerprint density at radius 1 is 1.05 bits per heavy atom. The average molecular weight is 291 g/mol. The molecule has 1 aromatic heterocycles. The van der Waals surface area contributed by atoms with Crippen molar-refractivity contribution >= 4 is 5.91 Å². The number of hydrogen-bond donors (Lipinski definition) is 1. The van der Waals surface area contributed by atoms with E-state index in [2.05, 4.69) is 5.10 Å². The summed E-state index contributed by atoms with van der Waals surface area (Å²) in [5.74, 6) is -0.424. The molecule has 110 valence electrons. The van der Waals surface area contributed by atoms with Gasteiger partial charge in [-0.2, -0.15) is 5.10 Å². The molecule has 2 aromatic carbocycles. The van der Waals surface area contributed by atoms with Gasteiger partial charge in [0, 0.05) is 11.3 Å². The first kappa shape index (κ1) is 14.1. The molecule has 0 radical (unpaired) electrons. The Morgan fingerprint density at radius 3 is 2.50 bits per heavy atom. The molecule has 0 aliphatic rings. The van der Waals surface area contributed by atoms with E-state index in [-0.39, 0.29) is 0 Å². The first-order valence-electron chi connectivity index (χ1n) is 7.09. The minimum absolute atomic E-state index is 0.424. The Kier molecular flexibility index (Phi) is 3.51. The van der Waals surface area contributed by atoms with E-state index in [1.54, 1.807) is 6.07 Å². The quantitative estimate of drug-likeness (QED) is 0.805. The summed E-state index contributed by atoms with van der Waals surface area (Å²) in [5.41, 5.74) is 10.8. The normalized spacial score (nSPS) is 10.6. The maximum absolute atomic E-state index is 11.6. The molecular weight excluding hydrogens is 274 g/mol. The summed E-state index contributed by atoms with van der Waals surface area (Å²) in [6, 6.07) is 17.3. The molecule has 3 rings (SSSR count). The largest absolute Gasteiger partial charge is 0.366 e. The number of rotatable bonds is 3. The van der Waals surface area contributed by atoms with Gasteiger partial charge in [0.2, 0.25) is 5.91 Å². The second kappa shape index (κ2) is 5.48. The van der Waals surface area contributed by atoms with Crippen LogP contribution < -0.4 is 5.73 Å². The van der Waals surface area contributed by atoms with Crippen LogP contribution in [0.5, 0.6) is 0 Å². The molecule has 22 heavy (non-hydrogen) atoms. The van der Waals surface area contributed by atoms with Crippen molar-refractivity contribution in [2.75, 3.05) is 0 Å². The maximum atomic E-state index is 11.6. The van der Waals surface area contributed by atoms with Crippen LogP contribution in [0.15, 0.2) is 54.6 Å². The monoisotopic (exact) mass is 291 g/mol. The lowest BCUT2D eigenvalue weighted by Gasteiger charge is -2.10. The number of aryl methyl sites for hydroxylation is 2. The number of carbonyl (C=O) groups is 1. The number of benzene rings is 2. The zero-order chi connectivity index (χ0) is 15.7. The molecule has 2 N–H and O–H groups in total. The molecule has 0 bridgehead atoms.